The van der Waals surface area contributed by atoms with E-state index in [2.05, 4.69) is 16.3 Å². The molecule has 26 heavy (non-hydrogen) atoms. The van der Waals surface area contributed by atoms with E-state index in [0.29, 0.717) is 16.9 Å². The molecule has 1 aromatic heterocycles. The Kier molecular flexibility index (Phi) is 5.64. The minimum absolute atomic E-state index is 0.0192. The summed E-state index contributed by atoms with van der Waals surface area (Å²) in [5, 5.41) is 16.2. The number of nitrogens with one attached hydrogen (secondary N) is 1. The van der Waals surface area contributed by atoms with Crippen molar-refractivity contribution >= 4 is 24.2 Å². The quantitative estimate of drug-likeness (QED) is 0.665. The molecule has 1 unspecified atom stereocenters. The first-order valence-electron chi connectivity index (χ1n) is 8.74. The number of benzene rings is 1. The number of piperidine rings is 1. The molecule has 7 heteroatoms. The van der Waals surface area contributed by atoms with Crippen molar-refractivity contribution in [3.05, 3.63) is 52.1 Å². The molecule has 3 rings (SSSR count). The van der Waals surface area contributed by atoms with E-state index in [4.69, 9.17) is 17.5 Å². The third kappa shape index (κ3) is 3.92. The first-order chi connectivity index (χ1) is 12.6. The Labute approximate surface area is 157 Å². The molecule has 1 aliphatic heterocycles. The maximum Gasteiger partial charge on any atom is 0.246 e. The molecule has 1 aromatic carbocycles. The summed E-state index contributed by atoms with van der Waals surface area (Å²) in [4.78, 5) is 14.4. The Morgan fingerprint density at radius 3 is 3.15 bits per heavy atom. The Morgan fingerprint density at radius 1 is 1.54 bits per heavy atom. The van der Waals surface area contributed by atoms with Crippen molar-refractivity contribution < 1.29 is 4.79 Å². The van der Waals surface area contributed by atoms with E-state index in [9.17, 15) is 4.79 Å². The fourth-order valence-corrected chi connectivity index (χ4v) is 3.59. The van der Waals surface area contributed by atoms with Crippen LogP contribution in [0.4, 0.5) is 0 Å². The van der Waals surface area contributed by atoms with Crippen LogP contribution in [0.5, 0.6) is 0 Å². The van der Waals surface area contributed by atoms with Crippen molar-refractivity contribution in [3.63, 3.8) is 0 Å². The summed E-state index contributed by atoms with van der Waals surface area (Å²) in [7, 11) is 0. The Bertz CT molecular complexity index is 920. The average molecular weight is 367 g/mol. The topological polar surface area (TPSA) is 77.7 Å². The van der Waals surface area contributed by atoms with Crippen LogP contribution in [0.2, 0.25) is 0 Å². The highest BCUT2D eigenvalue weighted by molar-refractivity contribution is 7.71. The van der Waals surface area contributed by atoms with E-state index in [1.54, 1.807) is 24.3 Å². The zero-order valence-corrected chi connectivity index (χ0v) is 15.5. The molecule has 1 fully saturated rings. The van der Waals surface area contributed by atoms with Gasteiger partial charge in [0.05, 0.1) is 11.6 Å². The molecule has 0 bridgehead atoms. The van der Waals surface area contributed by atoms with Crippen molar-refractivity contribution in [2.24, 2.45) is 0 Å². The number of hydrogen-bond acceptors (Lipinski definition) is 4. The lowest BCUT2D eigenvalue weighted by atomic mass is 9.97. The van der Waals surface area contributed by atoms with E-state index >= 15 is 0 Å². The first kappa shape index (κ1) is 18.1. The Hall–Kier alpha value is -2.72. The average Bonchev–Trinajstić information content (AvgIpc) is 3.06. The Balaban J connectivity index is 1.70. The van der Waals surface area contributed by atoms with Crippen LogP contribution in [0.15, 0.2) is 30.3 Å². The van der Waals surface area contributed by atoms with Crippen molar-refractivity contribution in [2.45, 2.75) is 32.2 Å². The lowest BCUT2D eigenvalue weighted by molar-refractivity contribution is -0.127. The zero-order chi connectivity index (χ0) is 18.5. The van der Waals surface area contributed by atoms with Crippen LogP contribution >= 0.6 is 12.2 Å². The van der Waals surface area contributed by atoms with Gasteiger partial charge in [0.2, 0.25) is 5.91 Å². The van der Waals surface area contributed by atoms with Crippen LogP contribution in [0.25, 0.3) is 6.08 Å². The second-order valence-corrected chi connectivity index (χ2v) is 6.71. The SMILES string of the molecule is CCn1c(C2CCCN(C(=O)C=Cc3cccc(C#N)c3)C2)n[nH]c1=S. The molecule has 1 atom stereocenters. The van der Waals surface area contributed by atoms with Gasteiger partial charge in [0.15, 0.2) is 4.77 Å². The minimum atomic E-state index is -0.0192. The largest absolute Gasteiger partial charge is 0.338 e. The van der Waals surface area contributed by atoms with Gasteiger partial charge in [-0.3, -0.25) is 9.89 Å². The van der Waals surface area contributed by atoms with Crippen LogP contribution in [-0.4, -0.2) is 38.7 Å². The molecule has 6 nitrogen and oxygen atoms in total. The molecule has 0 aliphatic carbocycles. The van der Waals surface area contributed by atoms with Gasteiger partial charge < -0.3 is 9.47 Å². The molecule has 0 radical (unpaired) electrons. The molecule has 1 aliphatic rings. The summed E-state index contributed by atoms with van der Waals surface area (Å²) in [6.07, 6.45) is 5.28. The maximum absolute atomic E-state index is 12.6. The van der Waals surface area contributed by atoms with E-state index in [1.807, 2.05) is 28.5 Å². The second-order valence-electron chi connectivity index (χ2n) is 6.33. The highest BCUT2D eigenvalue weighted by atomic mass is 32.1. The van der Waals surface area contributed by atoms with Gasteiger partial charge in [-0.2, -0.15) is 10.4 Å². The monoisotopic (exact) mass is 367 g/mol. The van der Waals surface area contributed by atoms with Gasteiger partial charge in [-0.05, 0) is 55.8 Å². The number of amides is 1. The molecule has 1 saturated heterocycles. The summed E-state index contributed by atoms with van der Waals surface area (Å²) in [5.74, 6) is 1.10. The van der Waals surface area contributed by atoms with Crippen molar-refractivity contribution in [3.8, 4) is 6.07 Å². The summed E-state index contributed by atoms with van der Waals surface area (Å²) < 4.78 is 2.63. The van der Waals surface area contributed by atoms with Gasteiger partial charge in [-0.25, -0.2) is 0 Å². The van der Waals surface area contributed by atoms with Crippen LogP contribution in [0, 0.1) is 16.1 Å². The molecular weight excluding hydrogens is 346 g/mol. The number of H-pyrrole nitrogens is 1. The van der Waals surface area contributed by atoms with Crippen LogP contribution in [0.1, 0.15) is 42.6 Å². The number of rotatable bonds is 4. The summed E-state index contributed by atoms with van der Waals surface area (Å²) in [6.45, 7) is 4.19. The smallest absolute Gasteiger partial charge is 0.246 e. The fourth-order valence-electron chi connectivity index (χ4n) is 3.32. The molecule has 1 N–H and O–H groups in total. The van der Waals surface area contributed by atoms with Gasteiger partial charge in [0.1, 0.15) is 5.82 Å². The standard InChI is InChI=1S/C19H21N5OS/c1-2-24-18(21-22-19(24)26)16-7-4-10-23(13-16)17(25)9-8-14-5-3-6-15(11-14)12-20/h3,5-6,8-9,11,16H,2,4,7,10,13H2,1H3,(H,22,26). The van der Waals surface area contributed by atoms with Gasteiger partial charge in [-0.1, -0.05) is 12.1 Å². The summed E-state index contributed by atoms with van der Waals surface area (Å²) in [6, 6.07) is 9.31. The van der Waals surface area contributed by atoms with E-state index in [-0.39, 0.29) is 11.8 Å². The lowest BCUT2D eigenvalue weighted by Crippen LogP contribution is -2.38. The molecule has 134 valence electrons. The lowest BCUT2D eigenvalue weighted by Gasteiger charge is -2.31. The number of nitrogens with zero attached hydrogens (tertiary/aromatic N) is 4. The number of carbonyl (C=O) groups excluding carboxylic acids is 1. The first-order valence-corrected chi connectivity index (χ1v) is 9.15. The number of nitriles is 1. The predicted molar refractivity (Wildman–Crippen MR) is 102 cm³/mol. The van der Waals surface area contributed by atoms with E-state index < -0.39 is 0 Å². The van der Waals surface area contributed by atoms with Crippen molar-refractivity contribution in [1.29, 1.82) is 5.26 Å². The summed E-state index contributed by atoms with van der Waals surface area (Å²) >= 11 is 5.27. The highest BCUT2D eigenvalue weighted by Crippen LogP contribution is 2.26. The number of aromatic nitrogens is 3. The van der Waals surface area contributed by atoms with E-state index in [1.165, 1.54) is 0 Å². The normalized spacial score (nSPS) is 17.4. The molecule has 2 heterocycles. The van der Waals surface area contributed by atoms with Crippen LogP contribution in [-0.2, 0) is 11.3 Å². The third-order valence-corrected chi connectivity index (χ3v) is 4.95. The minimum Gasteiger partial charge on any atom is -0.338 e. The third-order valence-electron chi connectivity index (χ3n) is 4.64. The molecule has 2 aromatic rings. The Morgan fingerprint density at radius 2 is 2.38 bits per heavy atom. The van der Waals surface area contributed by atoms with Gasteiger partial charge in [0, 0.05) is 31.6 Å². The number of aromatic amines is 1. The van der Waals surface area contributed by atoms with Gasteiger partial charge in [-0.15, -0.1) is 0 Å². The molecule has 0 spiro atoms. The maximum atomic E-state index is 12.6. The predicted octanol–water partition coefficient (Wildman–Crippen LogP) is 3.25. The highest BCUT2D eigenvalue weighted by Gasteiger charge is 2.27. The van der Waals surface area contributed by atoms with Gasteiger partial charge in [0.25, 0.3) is 0 Å². The second kappa shape index (κ2) is 8.11. The van der Waals surface area contributed by atoms with Crippen LogP contribution < -0.4 is 0 Å². The van der Waals surface area contributed by atoms with E-state index in [0.717, 1.165) is 37.3 Å². The van der Waals surface area contributed by atoms with Crippen LogP contribution in [0.3, 0.4) is 0 Å². The van der Waals surface area contributed by atoms with Gasteiger partial charge >= 0.3 is 0 Å². The molecular formula is C19H21N5OS. The van der Waals surface area contributed by atoms with Crippen molar-refractivity contribution in [1.82, 2.24) is 19.7 Å². The number of hydrogen-bond donors (Lipinski definition) is 1. The van der Waals surface area contributed by atoms with Crippen molar-refractivity contribution in [2.75, 3.05) is 13.1 Å². The molecule has 1 amide bonds. The zero-order valence-electron chi connectivity index (χ0n) is 14.7. The molecule has 0 saturated carbocycles. The summed E-state index contributed by atoms with van der Waals surface area (Å²) in [5.41, 5.74) is 1.43. The fraction of sp³-hybridized carbons (Fsp3) is 0.368. The number of carbonyl (C=O) groups is 1. The number of likely N-dealkylation sites (tertiary alicyclic amines) is 1.